The van der Waals surface area contributed by atoms with E-state index < -0.39 is 0 Å². The van der Waals surface area contributed by atoms with E-state index in [4.69, 9.17) is 9.47 Å². The predicted octanol–water partition coefficient (Wildman–Crippen LogP) is 3.41. The van der Waals surface area contributed by atoms with Crippen LogP contribution in [0.4, 0.5) is 0 Å². The zero-order chi connectivity index (χ0) is 19.9. The minimum Gasteiger partial charge on any atom is -0.492 e. The molecule has 1 heterocycles. The Balaban J connectivity index is 1.43. The number of hydrogen-bond acceptors (Lipinski definition) is 4. The second-order valence-electron chi connectivity index (χ2n) is 7.57. The molecule has 0 radical (unpaired) electrons. The molecule has 2 aromatic carbocycles. The third kappa shape index (κ3) is 6.08. The SMILES string of the molecule is Cc1cccc(OCCNC(=O)c2ccc(CN3C[C@@H](C)O[C@@H](C)C3)cc2)c1. The first-order valence-corrected chi connectivity index (χ1v) is 9.94. The molecule has 1 aliphatic rings. The summed E-state index contributed by atoms with van der Waals surface area (Å²) in [5, 5.41) is 2.91. The van der Waals surface area contributed by atoms with E-state index in [2.05, 4.69) is 24.1 Å². The van der Waals surface area contributed by atoms with Crippen LogP contribution < -0.4 is 10.1 Å². The molecule has 28 heavy (non-hydrogen) atoms. The highest BCUT2D eigenvalue weighted by molar-refractivity contribution is 5.94. The monoisotopic (exact) mass is 382 g/mol. The molecule has 150 valence electrons. The number of aryl methyl sites for hydroxylation is 1. The minimum atomic E-state index is -0.0759. The van der Waals surface area contributed by atoms with Crippen molar-refractivity contribution in [2.24, 2.45) is 0 Å². The molecule has 0 unspecified atom stereocenters. The first-order chi connectivity index (χ1) is 13.5. The fraction of sp³-hybridized carbons (Fsp3) is 0.435. The molecule has 0 spiro atoms. The quantitative estimate of drug-likeness (QED) is 0.746. The Morgan fingerprint density at radius 3 is 2.54 bits per heavy atom. The molecule has 0 saturated carbocycles. The van der Waals surface area contributed by atoms with Crippen molar-refractivity contribution >= 4 is 5.91 Å². The van der Waals surface area contributed by atoms with Gasteiger partial charge in [-0.3, -0.25) is 9.69 Å². The molecule has 0 bridgehead atoms. The summed E-state index contributed by atoms with van der Waals surface area (Å²) in [5.41, 5.74) is 3.03. The van der Waals surface area contributed by atoms with Gasteiger partial charge < -0.3 is 14.8 Å². The van der Waals surface area contributed by atoms with E-state index in [-0.39, 0.29) is 18.1 Å². The largest absolute Gasteiger partial charge is 0.492 e. The molecule has 1 N–H and O–H groups in total. The van der Waals surface area contributed by atoms with E-state index in [0.717, 1.165) is 30.9 Å². The van der Waals surface area contributed by atoms with Gasteiger partial charge in [0.25, 0.3) is 5.91 Å². The maximum absolute atomic E-state index is 12.3. The number of morpholine rings is 1. The summed E-state index contributed by atoms with van der Waals surface area (Å²) in [6.07, 6.45) is 0.520. The van der Waals surface area contributed by atoms with Crippen LogP contribution >= 0.6 is 0 Å². The smallest absolute Gasteiger partial charge is 0.251 e. The third-order valence-electron chi connectivity index (χ3n) is 4.76. The summed E-state index contributed by atoms with van der Waals surface area (Å²) in [6, 6.07) is 15.7. The lowest BCUT2D eigenvalue weighted by Crippen LogP contribution is -2.44. The molecule has 0 aromatic heterocycles. The van der Waals surface area contributed by atoms with Gasteiger partial charge in [-0.1, -0.05) is 24.3 Å². The fourth-order valence-corrected chi connectivity index (χ4v) is 3.57. The van der Waals surface area contributed by atoms with Crippen molar-refractivity contribution in [2.45, 2.75) is 39.5 Å². The molecule has 0 aliphatic carbocycles. The molecular weight excluding hydrogens is 352 g/mol. The molecule has 2 aromatic rings. The van der Waals surface area contributed by atoms with Gasteiger partial charge in [0.05, 0.1) is 18.8 Å². The summed E-state index contributed by atoms with van der Waals surface area (Å²) >= 11 is 0. The molecule has 1 aliphatic heterocycles. The van der Waals surface area contributed by atoms with Gasteiger partial charge in [0.2, 0.25) is 0 Å². The highest BCUT2D eigenvalue weighted by atomic mass is 16.5. The summed E-state index contributed by atoms with van der Waals surface area (Å²) < 4.78 is 11.4. The second-order valence-corrected chi connectivity index (χ2v) is 7.57. The van der Waals surface area contributed by atoms with Gasteiger partial charge in [-0.25, -0.2) is 0 Å². The molecule has 5 heteroatoms. The van der Waals surface area contributed by atoms with Crippen molar-refractivity contribution in [1.82, 2.24) is 10.2 Å². The lowest BCUT2D eigenvalue weighted by atomic mass is 10.1. The summed E-state index contributed by atoms with van der Waals surface area (Å²) in [4.78, 5) is 14.7. The Bertz CT molecular complexity index is 766. The van der Waals surface area contributed by atoms with Crippen LogP contribution in [-0.4, -0.2) is 49.3 Å². The van der Waals surface area contributed by atoms with Crippen LogP contribution in [0.3, 0.4) is 0 Å². The first-order valence-electron chi connectivity index (χ1n) is 9.94. The Morgan fingerprint density at radius 1 is 1.14 bits per heavy atom. The third-order valence-corrected chi connectivity index (χ3v) is 4.76. The van der Waals surface area contributed by atoms with Crippen LogP contribution in [0.15, 0.2) is 48.5 Å². The molecule has 5 nitrogen and oxygen atoms in total. The molecule has 1 amide bonds. The van der Waals surface area contributed by atoms with E-state index in [1.807, 2.05) is 55.5 Å². The van der Waals surface area contributed by atoms with Crippen LogP contribution in [0.5, 0.6) is 5.75 Å². The summed E-state index contributed by atoms with van der Waals surface area (Å²) in [5.74, 6) is 0.748. The average molecular weight is 383 g/mol. The van der Waals surface area contributed by atoms with Crippen molar-refractivity contribution in [2.75, 3.05) is 26.2 Å². The molecule has 1 saturated heterocycles. The van der Waals surface area contributed by atoms with Crippen LogP contribution in [0.25, 0.3) is 0 Å². The second kappa shape index (κ2) is 9.71. The van der Waals surface area contributed by atoms with E-state index >= 15 is 0 Å². The average Bonchev–Trinajstić information content (AvgIpc) is 2.65. The van der Waals surface area contributed by atoms with Crippen LogP contribution in [0, 0.1) is 6.92 Å². The van der Waals surface area contributed by atoms with Gasteiger partial charge in [-0.2, -0.15) is 0 Å². The van der Waals surface area contributed by atoms with Gasteiger partial charge in [0.1, 0.15) is 12.4 Å². The van der Waals surface area contributed by atoms with Gasteiger partial charge >= 0.3 is 0 Å². The van der Waals surface area contributed by atoms with Gasteiger partial charge in [0, 0.05) is 25.2 Å². The molecule has 3 rings (SSSR count). The van der Waals surface area contributed by atoms with Crippen LogP contribution in [0.1, 0.15) is 35.3 Å². The summed E-state index contributed by atoms with van der Waals surface area (Å²) in [6.45, 7) is 9.92. The first kappa shape index (κ1) is 20.4. The predicted molar refractivity (Wildman–Crippen MR) is 111 cm³/mol. The van der Waals surface area contributed by atoms with E-state index in [1.165, 1.54) is 5.56 Å². The zero-order valence-corrected chi connectivity index (χ0v) is 17.0. The Hall–Kier alpha value is -2.37. The number of nitrogens with one attached hydrogen (secondary N) is 1. The topological polar surface area (TPSA) is 50.8 Å². The van der Waals surface area contributed by atoms with Gasteiger partial charge in [0.15, 0.2) is 0 Å². The van der Waals surface area contributed by atoms with Gasteiger partial charge in [-0.05, 0) is 56.2 Å². The lowest BCUT2D eigenvalue weighted by Gasteiger charge is -2.35. The molecule has 1 fully saturated rings. The lowest BCUT2D eigenvalue weighted by molar-refractivity contribution is -0.0704. The van der Waals surface area contributed by atoms with E-state index in [0.29, 0.717) is 18.7 Å². The van der Waals surface area contributed by atoms with E-state index in [1.54, 1.807) is 0 Å². The van der Waals surface area contributed by atoms with Gasteiger partial charge in [-0.15, -0.1) is 0 Å². The number of carbonyl (C=O) groups is 1. The minimum absolute atomic E-state index is 0.0759. The van der Waals surface area contributed by atoms with Crippen LogP contribution in [-0.2, 0) is 11.3 Å². The van der Waals surface area contributed by atoms with Crippen molar-refractivity contribution < 1.29 is 14.3 Å². The number of rotatable bonds is 7. The molecule has 2 atom stereocenters. The Kier molecular flexibility index (Phi) is 7.06. The van der Waals surface area contributed by atoms with Crippen molar-refractivity contribution in [3.05, 3.63) is 65.2 Å². The zero-order valence-electron chi connectivity index (χ0n) is 17.0. The number of hydrogen-bond donors (Lipinski definition) is 1. The number of benzene rings is 2. The highest BCUT2D eigenvalue weighted by Crippen LogP contribution is 2.15. The standard InChI is InChI=1S/C23H30N2O3/c1-17-5-4-6-22(13-17)27-12-11-24-23(26)21-9-7-20(8-10-21)16-25-14-18(2)28-19(3)15-25/h4-10,13,18-19H,11-12,14-16H2,1-3H3,(H,24,26)/t18-,19+. The number of carbonyl (C=O) groups excluding carboxylic acids is 1. The Morgan fingerprint density at radius 2 is 1.86 bits per heavy atom. The number of nitrogens with zero attached hydrogens (tertiary/aromatic N) is 1. The Labute approximate surface area is 167 Å². The van der Waals surface area contributed by atoms with E-state index in [9.17, 15) is 4.79 Å². The molecular formula is C23H30N2O3. The number of ether oxygens (including phenoxy) is 2. The fourth-order valence-electron chi connectivity index (χ4n) is 3.57. The maximum atomic E-state index is 12.3. The van der Waals surface area contributed by atoms with Crippen molar-refractivity contribution in [3.8, 4) is 5.75 Å². The maximum Gasteiger partial charge on any atom is 0.251 e. The highest BCUT2D eigenvalue weighted by Gasteiger charge is 2.22. The van der Waals surface area contributed by atoms with Crippen LogP contribution in [0.2, 0.25) is 0 Å². The van der Waals surface area contributed by atoms with Crippen molar-refractivity contribution in [3.63, 3.8) is 0 Å². The summed E-state index contributed by atoms with van der Waals surface area (Å²) in [7, 11) is 0. The van der Waals surface area contributed by atoms with Crippen molar-refractivity contribution in [1.29, 1.82) is 0 Å². The normalized spacial score (nSPS) is 20.0. The number of amides is 1.